The number of alkyl halides is 3. The monoisotopic (exact) mass is 247 g/mol. The van der Waals surface area contributed by atoms with Crippen LogP contribution in [0.5, 0.6) is 5.75 Å². The molecule has 1 N–H and O–H groups in total. The molecule has 1 aromatic rings. The van der Waals surface area contributed by atoms with Gasteiger partial charge >= 0.3 is 6.18 Å². The number of hydrogen-bond acceptors (Lipinski definition) is 2. The minimum Gasteiger partial charge on any atom is -0.497 e. The van der Waals surface area contributed by atoms with Gasteiger partial charge in [-0.25, -0.2) is 0 Å². The van der Waals surface area contributed by atoms with Crippen LogP contribution < -0.4 is 10.1 Å². The van der Waals surface area contributed by atoms with Crippen LogP contribution in [0.1, 0.15) is 24.4 Å². The van der Waals surface area contributed by atoms with E-state index in [0.29, 0.717) is 5.75 Å². The summed E-state index contributed by atoms with van der Waals surface area (Å²) in [7, 11) is 3.21. The van der Waals surface area contributed by atoms with Gasteiger partial charge in [0.05, 0.1) is 7.11 Å². The molecule has 0 aliphatic carbocycles. The van der Waals surface area contributed by atoms with E-state index in [1.54, 1.807) is 38.4 Å². The zero-order valence-electron chi connectivity index (χ0n) is 9.84. The van der Waals surface area contributed by atoms with Crippen molar-refractivity contribution in [3.05, 3.63) is 29.8 Å². The Morgan fingerprint density at radius 1 is 1.24 bits per heavy atom. The summed E-state index contributed by atoms with van der Waals surface area (Å²) in [5.41, 5.74) is 0.831. The van der Waals surface area contributed by atoms with Crippen molar-refractivity contribution in [3.8, 4) is 5.75 Å². The van der Waals surface area contributed by atoms with Crippen LogP contribution in [0, 0.1) is 0 Å². The smallest absolute Gasteiger partial charge is 0.389 e. The first-order chi connectivity index (χ1) is 7.96. The van der Waals surface area contributed by atoms with Gasteiger partial charge in [0.25, 0.3) is 0 Å². The van der Waals surface area contributed by atoms with E-state index in [2.05, 4.69) is 5.32 Å². The molecule has 0 heterocycles. The fourth-order valence-electron chi connectivity index (χ4n) is 1.62. The molecule has 0 bridgehead atoms. The number of nitrogens with one attached hydrogen (secondary N) is 1. The van der Waals surface area contributed by atoms with Crippen molar-refractivity contribution in [2.45, 2.75) is 25.1 Å². The number of ether oxygens (including phenoxy) is 1. The highest BCUT2D eigenvalue weighted by molar-refractivity contribution is 5.29. The summed E-state index contributed by atoms with van der Waals surface area (Å²) in [4.78, 5) is 0. The summed E-state index contributed by atoms with van der Waals surface area (Å²) in [6, 6.07) is 6.75. The molecule has 1 aromatic carbocycles. The van der Waals surface area contributed by atoms with Crippen LogP contribution >= 0.6 is 0 Å². The topological polar surface area (TPSA) is 21.3 Å². The van der Waals surface area contributed by atoms with E-state index in [1.807, 2.05) is 0 Å². The lowest BCUT2D eigenvalue weighted by atomic mass is 10.0. The Morgan fingerprint density at radius 3 is 2.24 bits per heavy atom. The molecular weight excluding hydrogens is 231 g/mol. The second-order valence-corrected chi connectivity index (χ2v) is 3.77. The maximum absolute atomic E-state index is 12.1. The molecule has 1 rings (SSSR count). The van der Waals surface area contributed by atoms with Crippen LogP contribution in [0.25, 0.3) is 0 Å². The highest BCUT2D eigenvalue weighted by Gasteiger charge is 2.28. The van der Waals surface area contributed by atoms with E-state index in [0.717, 1.165) is 5.56 Å². The van der Waals surface area contributed by atoms with E-state index in [4.69, 9.17) is 4.74 Å². The largest absolute Gasteiger partial charge is 0.497 e. The Labute approximate surface area is 98.8 Å². The van der Waals surface area contributed by atoms with E-state index in [9.17, 15) is 13.2 Å². The van der Waals surface area contributed by atoms with Crippen LogP contribution in [0.15, 0.2) is 24.3 Å². The Morgan fingerprint density at radius 2 is 1.82 bits per heavy atom. The van der Waals surface area contributed by atoms with Crippen LogP contribution in [-0.2, 0) is 0 Å². The van der Waals surface area contributed by atoms with Crippen molar-refractivity contribution < 1.29 is 17.9 Å². The molecule has 0 aliphatic heterocycles. The van der Waals surface area contributed by atoms with Crippen molar-refractivity contribution in [1.29, 1.82) is 0 Å². The lowest BCUT2D eigenvalue weighted by Gasteiger charge is -2.17. The third-order valence-electron chi connectivity index (χ3n) is 2.58. The maximum Gasteiger partial charge on any atom is 0.389 e. The summed E-state index contributed by atoms with van der Waals surface area (Å²) in [6.07, 6.45) is -4.86. The predicted octanol–water partition coefficient (Wildman–Crippen LogP) is 3.30. The van der Waals surface area contributed by atoms with E-state index < -0.39 is 12.6 Å². The molecule has 0 aliphatic rings. The van der Waals surface area contributed by atoms with Gasteiger partial charge in [0.15, 0.2) is 0 Å². The van der Waals surface area contributed by atoms with Crippen LogP contribution in [-0.4, -0.2) is 20.3 Å². The average molecular weight is 247 g/mol. The third kappa shape index (κ3) is 4.65. The normalized spacial score (nSPS) is 13.5. The van der Waals surface area contributed by atoms with Crippen molar-refractivity contribution in [2.24, 2.45) is 0 Å². The van der Waals surface area contributed by atoms with Gasteiger partial charge in [-0.1, -0.05) is 12.1 Å². The molecule has 0 amide bonds. The lowest BCUT2D eigenvalue weighted by molar-refractivity contribution is -0.136. The summed E-state index contributed by atoms with van der Waals surface area (Å²) >= 11 is 0. The Kier molecular flexibility index (Phi) is 4.81. The van der Waals surface area contributed by atoms with Gasteiger partial charge in [0, 0.05) is 12.5 Å². The zero-order chi connectivity index (χ0) is 12.9. The van der Waals surface area contributed by atoms with Gasteiger partial charge < -0.3 is 10.1 Å². The first kappa shape index (κ1) is 13.8. The van der Waals surface area contributed by atoms with Crippen LogP contribution in [0.4, 0.5) is 13.2 Å². The summed E-state index contributed by atoms with van der Waals surface area (Å²) in [6.45, 7) is 0. The Bertz CT molecular complexity index is 335. The van der Waals surface area contributed by atoms with Gasteiger partial charge in [-0.15, -0.1) is 0 Å². The summed E-state index contributed by atoms with van der Waals surface area (Å²) in [5.74, 6) is 0.694. The molecule has 0 saturated carbocycles. The Balaban J connectivity index is 2.66. The van der Waals surface area contributed by atoms with Gasteiger partial charge in [0.2, 0.25) is 0 Å². The number of hydrogen-bond donors (Lipinski definition) is 1. The molecule has 0 aromatic heterocycles. The first-order valence-corrected chi connectivity index (χ1v) is 5.34. The molecule has 1 atom stereocenters. The highest BCUT2D eigenvalue weighted by atomic mass is 19.4. The number of benzene rings is 1. The molecule has 96 valence electrons. The summed E-state index contributed by atoms with van der Waals surface area (Å²) in [5, 5.41) is 2.89. The molecule has 1 unspecified atom stereocenters. The first-order valence-electron chi connectivity index (χ1n) is 5.34. The molecule has 0 saturated heterocycles. The van der Waals surface area contributed by atoms with Gasteiger partial charge in [-0.3, -0.25) is 0 Å². The second-order valence-electron chi connectivity index (χ2n) is 3.77. The number of rotatable bonds is 5. The summed E-state index contributed by atoms with van der Waals surface area (Å²) < 4.78 is 41.4. The number of halogens is 3. The number of methoxy groups -OCH3 is 1. The van der Waals surface area contributed by atoms with Crippen LogP contribution in [0.3, 0.4) is 0 Å². The van der Waals surface area contributed by atoms with Gasteiger partial charge in [-0.05, 0) is 31.2 Å². The zero-order valence-corrected chi connectivity index (χ0v) is 9.84. The van der Waals surface area contributed by atoms with Crippen molar-refractivity contribution in [3.63, 3.8) is 0 Å². The molecule has 5 heteroatoms. The van der Waals surface area contributed by atoms with Crippen molar-refractivity contribution in [2.75, 3.05) is 14.2 Å². The van der Waals surface area contributed by atoms with Gasteiger partial charge in [0.1, 0.15) is 5.75 Å². The molecular formula is C12H16F3NO. The fraction of sp³-hybridized carbons (Fsp3) is 0.500. The Hall–Kier alpha value is -1.23. The van der Waals surface area contributed by atoms with Gasteiger partial charge in [-0.2, -0.15) is 13.2 Å². The molecule has 2 nitrogen and oxygen atoms in total. The molecule has 0 radical (unpaired) electrons. The third-order valence-corrected chi connectivity index (χ3v) is 2.58. The minimum absolute atomic E-state index is 0.0341. The highest BCUT2D eigenvalue weighted by Crippen LogP contribution is 2.28. The van der Waals surface area contributed by atoms with Crippen LogP contribution in [0.2, 0.25) is 0 Å². The second kappa shape index (κ2) is 5.91. The van der Waals surface area contributed by atoms with E-state index in [1.165, 1.54) is 0 Å². The predicted molar refractivity (Wildman–Crippen MR) is 60.1 cm³/mol. The fourth-order valence-corrected chi connectivity index (χ4v) is 1.62. The molecule has 0 fully saturated rings. The lowest BCUT2D eigenvalue weighted by Crippen LogP contribution is -2.19. The van der Waals surface area contributed by atoms with Crippen molar-refractivity contribution in [1.82, 2.24) is 5.32 Å². The SMILES string of the molecule is CNC(CCC(F)(F)F)c1ccc(OC)cc1. The minimum atomic E-state index is -4.11. The van der Waals surface area contributed by atoms with E-state index in [-0.39, 0.29) is 12.5 Å². The quantitative estimate of drug-likeness (QED) is 0.862. The van der Waals surface area contributed by atoms with E-state index >= 15 is 0 Å². The van der Waals surface area contributed by atoms with Crippen molar-refractivity contribution >= 4 is 0 Å². The maximum atomic E-state index is 12.1. The average Bonchev–Trinajstić information content (AvgIpc) is 2.29. The molecule has 0 spiro atoms. The molecule has 17 heavy (non-hydrogen) atoms. The standard InChI is InChI=1S/C12H16F3NO/c1-16-11(7-8-12(13,14)15)9-3-5-10(17-2)6-4-9/h3-6,11,16H,7-8H2,1-2H3.